The molecule has 2 aromatic carbocycles. The fraction of sp³-hybridized carbons (Fsp3) is 0.316. The SMILES string of the molecule is CCC(C)(C)c1ccc(Oc2ccc(C=O)cc2C)cc1. The van der Waals surface area contributed by atoms with Gasteiger partial charge in [0.25, 0.3) is 0 Å². The van der Waals surface area contributed by atoms with E-state index in [0.29, 0.717) is 5.56 Å². The molecule has 0 saturated carbocycles. The molecule has 2 heteroatoms. The predicted molar refractivity (Wildman–Crippen MR) is 86.4 cm³/mol. The zero-order chi connectivity index (χ0) is 15.5. The highest BCUT2D eigenvalue weighted by molar-refractivity contribution is 5.75. The molecule has 0 radical (unpaired) electrons. The zero-order valence-electron chi connectivity index (χ0n) is 13.1. The highest BCUT2D eigenvalue weighted by atomic mass is 16.5. The molecule has 0 saturated heterocycles. The summed E-state index contributed by atoms with van der Waals surface area (Å²) in [5, 5.41) is 0. The van der Waals surface area contributed by atoms with E-state index in [2.05, 4.69) is 32.9 Å². The first kappa shape index (κ1) is 15.3. The molecular formula is C19H22O2. The Morgan fingerprint density at radius 3 is 2.29 bits per heavy atom. The van der Waals surface area contributed by atoms with E-state index in [4.69, 9.17) is 4.74 Å². The summed E-state index contributed by atoms with van der Waals surface area (Å²) in [7, 11) is 0. The van der Waals surface area contributed by atoms with Gasteiger partial charge < -0.3 is 4.74 Å². The summed E-state index contributed by atoms with van der Waals surface area (Å²) in [6, 6.07) is 13.7. The van der Waals surface area contributed by atoms with Crippen LogP contribution in [0.25, 0.3) is 0 Å². The summed E-state index contributed by atoms with van der Waals surface area (Å²) < 4.78 is 5.89. The van der Waals surface area contributed by atoms with E-state index < -0.39 is 0 Å². The number of hydrogen-bond acceptors (Lipinski definition) is 2. The van der Waals surface area contributed by atoms with Gasteiger partial charge in [0.05, 0.1) is 0 Å². The Balaban J connectivity index is 2.19. The van der Waals surface area contributed by atoms with E-state index in [9.17, 15) is 4.79 Å². The van der Waals surface area contributed by atoms with Crippen LogP contribution >= 0.6 is 0 Å². The molecule has 110 valence electrons. The number of benzene rings is 2. The fourth-order valence-corrected chi connectivity index (χ4v) is 2.17. The summed E-state index contributed by atoms with van der Waals surface area (Å²) in [6.45, 7) is 8.62. The third-order valence-electron chi connectivity index (χ3n) is 4.08. The summed E-state index contributed by atoms with van der Waals surface area (Å²) >= 11 is 0. The molecule has 0 aromatic heterocycles. The quantitative estimate of drug-likeness (QED) is 0.697. The van der Waals surface area contributed by atoms with Gasteiger partial charge in [0, 0.05) is 5.56 Å². The van der Waals surface area contributed by atoms with Crippen LogP contribution < -0.4 is 4.74 Å². The van der Waals surface area contributed by atoms with Gasteiger partial charge in [-0.2, -0.15) is 0 Å². The Labute approximate surface area is 126 Å². The Kier molecular flexibility index (Phi) is 4.46. The van der Waals surface area contributed by atoms with Gasteiger partial charge in [-0.3, -0.25) is 4.79 Å². The van der Waals surface area contributed by atoms with Crippen molar-refractivity contribution in [2.45, 2.75) is 39.5 Å². The summed E-state index contributed by atoms with van der Waals surface area (Å²) in [5.41, 5.74) is 3.11. The van der Waals surface area contributed by atoms with Crippen LogP contribution in [0.3, 0.4) is 0 Å². The fourth-order valence-electron chi connectivity index (χ4n) is 2.17. The first-order valence-corrected chi connectivity index (χ1v) is 7.30. The molecule has 2 rings (SSSR count). The number of ether oxygens (including phenoxy) is 1. The average Bonchev–Trinajstić information content (AvgIpc) is 2.50. The van der Waals surface area contributed by atoms with Crippen molar-refractivity contribution in [2.75, 3.05) is 0 Å². The van der Waals surface area contributed by atoms with Crippen molar-refractivity contribution < 1.29 is 9.53 Å². The molecular weight excluding hydrogens is 260 g/mol. The normalized spacial score (nSPS) is 11.2. The predicted octanol–water partition coefficient (Wildman–Crippen LogP) is 5.29. The maximum Gasteiger partial charge on any atom is 0.150 e. The third-order valence-corrected chi connectivity index (χ3v) is 4.08. The lowest BCUT2D eigenvalue weighted by Crippen LogP contribution is -2.14. The van der Waals surface area contributed by atoms with Crippen LogP contribution in [0.1, 0.15) is 48.7 Å². The lowest BCUT2D eigenvalue weighted by molar-refractivity contribution is 0.112. The van der Waals surface area contributed by atoms with Gasteiger partial charge in [-0.15, -0.1) is 0 Å². The van der Waals surface area contributed by atoms with Gasteiger partial charge >= 0.3 is 0 Å². The Bertz CT molecular complexity index is 625. The minimum absolute atomic E-state index is 0.181. The standard InChI is InChI=1S/C19H22O2/c1-5-19(3,4)16-7-9-17(10-8-16)21-18-11-6-15(13-20)12-14(18)2/h6-13H,5H2,1-4H3. The molecule has 0 aliphatic rings. The number of carbonyl (C=O) groups is 1. The molecule has 0 heterocycles. The molecule has 2 nitrogen and oxygen atoms in total. The van der Waals surface area contributed by atoms with Crippen LogP contribution in [0.5, 0.6) is 11.5 Å². The first-order valence-electron chi connectivity index (χ1n) is 7.30. The van der Waals surface area contributed by atoms with E-state index in [1.807, 2.05) is 31.2 Å². The number of rotatable bonds is 5. The van der Waals surface area contributed by atoms with Crippen molar-refractivity contribution in [3.8, 4) is 11.5 Å². The lowest BCUT2D eigenvalue weighted by Gasteiger charge is -2.23. The molecule has 0 N–H and O–H groups in total. The second-order valence-corrected chi connectivity index (χ2v) is 6.01. The summed E-state index contributed by atoms with van der Waals surface area (Å²) in [6.07, 6.45) is 1.94. The molecule has 0 unspecified atom stereocenters. The van der Waals surface area contributed by atoms with Crippen molar-refractivity contribution in [1.82, 2.24) is 0 Å². The maximum atomic E-state index is 10.7. The Morgan fingerprint density at radius 1 is 1.10 bits per heavy atom. The van der Waals surface area contributed by atoms with E-state index in [-0.39, 0.29) is 5.41 Å². The smallest absolute Gasteiger partial charge is 0.150 e. The largest absolute Gasteiger partial charge is 0.457 e. The molecule has 0 spiro atoms. The minimum Gasteiger partial charge on any atom is -0.457 e. The number of aryl methyl sites for hydroxylation is 1. The number of aldehydes is 1. The van der Waals surface area contributed by atoms with E-state index in [1.54, 1.807) is 6.07 Å². The Hall–Kier alpha value is -2.09. The summed E-state index contributed by atoms with van der Waals surface area (Å²) in [4.78, 5) is 10.7. The van der Waals surface area contributed by atoms with Crippen LogP contribution in [0.2, 0.25) is 0 Å². The zero-order valence-corrected chi connectivity index (χ0v) is 13.1. The minimum atomic E-state index is 0.181. The Morgan fingerprint density at radius 2 is 1.76 bits per heavy atom. The van der Waals surface area contributed by atoms with Crippen LogP contribution in [-0.2, 0) is 5.41 Å². The van der Waals surface area contributed by atoms with Gasteiger partial charge in [-0.05, 0) is 60.2 Å². The molecule has 0 fully saturated rings. The van der Waals surface area contributed by atoms with Crippen molar-refractivity contribution >= 4 is 6.29 Å². The van der Waals surface area contributed by atoms with E-state index in [1.165, 1.54) is 5.56 Å². The molecule has 0 aliphatic heterocycles. The maximum absolute atomic E-state index is 10.7. The second kappa shape index (κ2) is 6.13. The summed E-state index contributed by atoms with van der Waals surface area (Å²) in [5.74, 6) is 1.59. The van der Waals surface area contributed by atoms with Crippen molar-refractivity contribution in [1.29, 1.82) is 0 Å². The van der Waals surface area contributed by atoms with Gasteiger partial charge in [0.15, 0.2) is 0 Å². The van der Waals surface area contributed by atoms with Gasteiger partial charge in [-0.1, -0.05) is 32.9 Å². The lowest BCUT2D eigenvalue weighted by atomic mass is 9.82. The van der Waals surface area contributed by atoms with Crippen molar-refractivity contribution in [3.05, 3.63) is 59.2 Å². The van der Waals surface area contributed by atoms with Crippen LogP contribution in [-0.4, -0.2) is 6.29 Å². The van der Waals surface area contributed by atoms with Crippen LogP contribution in [0, 0.1) is 6.92 Å². The topological polar surface area (TPSA) is 26.3 Å². The highest BCUT2D eigenvalue weighted by Gasteiger charge is 2.17. The molecule has 0 aliphatic carbocycles. The highest BCUT2D eigenvalue weighted by Crippen LogP contribution is 2.30. The molecule has 0 atom stereocenters. The molecule has 2 aromatic rings. The molecule has 0 amide bonds. The van der Waals surface area contributed by atoms with Gasteiger partial charge in [-0.25, -0.2) is 0 Å². The van der Waals surface area contributed by atoms with Crippen LogP contribution in [0.4, 0.5) is 0 Å². The molecule has 0 bridgehead atoms. The van der Waals surface area contributed by atoms with Crippen molar-refractivity contribution in [2.24, 2.45) is 0 Å². The van der Waals surface area contributed by atoms with Gasteiger partial charge in [0.2, 0.25) is 0 Å². The number of hydrogen-bond donors (Lipinski definition) is 0. The average molecular weight is 282 g/mol. The van der Waals surface area contributed by atoms with Gasteiger partial charge in [0.1, 0.15) is 17.8 Å². The first-order chi connectivity index (χ1) is 9.96. The van der Waals surface area contributed by atoms with E-state index in [0.717, 1.165) is 29.8 Å². The monoisotopic (exact) mass is 282 g/mol. The third kappa shape index (κ3) is 3.52. The second-order valence-electron chi connectivity index (χ2n) is 6.01. The number of carbonyl (C=O) groups excluding carboxylic acids is 1. The van der Waals surface area contributed by atoms with Crippen LogP contribution in [0.15, 0.2) is 42.5 Å². The van der Waals surface area contributed by atoms with E-state index >= 15 is 0 Å². The molecule has 21 heavy (non-hydrogen) atoms. The van der Waals surface area contributed by atoms with Crippen molar-refractivity contribution in [3.63, 3.8) is 0 Å².